The fourth-order valence-corrected chi connectivity index (χ4v) is 2.19. The van der Waals surface area contributed by atoms with Crippen molar-refractivity contribution in [3.8, 4) is 17.2 Å². The highest BCUT2D eigenvalue weighted by Gasteiger charge is 2.26. The summed E-state index contributed by atoms with van der Waals surface area (Å²) in [5, 5.41) is 29.4. The number of phenols is 2. The summed E-state index contributed by atoms with van der Waals surface area (Å²) in [5.74, 6) is -0.537. The molecule has 1 aromatic carbocycles. The van der Waals surface area contributed by atoms with Crippen molar-refractivity contribution in [2.24, 2.45) is 0 Å². The first-order valence-electron chi connectivity index (χ1n) is 7.62. The Hall–Kier alpha value is -1.75. The van der Waals surface area contributed by atoms with Crippen molar-refractivity contribution in [1.29, 1.82) is 0 Å². The van der Waals surface area contributed by atoms with Gasteiger partial charge in [0.05, 0.1) is 0 Å². The molecule has 3 N–H and O–H groups in total. The van der Waals surface area contributed by atoms with E-state index < -0.39 is 11.4 Å². The average Bonchev–Trinajstić information content (AvgIpc) is 2.44. The number of aliphatic hydroxyl groups is 1. The van der Waals surface area contributed by atoms with Gasteiger partial charge in [0.2, 0.25) is 0 Å². The number of benzene rings is 1. The van der Waals surface area contributed by atoms with Crippen LogP contribution in [-0.2, 0) is 16.6 Å². The number of carbonyl (C=O) groups is 1. The average molecular weight is 310 g/mol. The predicted octanol–water partition coefficient (Wildman–Crippen LogP) is 3.03. The summed E-state index contributed by atoms with van der Waals surface area (Å²) >= 11 is 0. The van der Waals surface area contributed by atoms with Crippen LogP contribution in [0.1, 0.15) is 58.1 Å². The zero-order valence-corrected chi connectivity index (χ0v) is 13.8. The topological polar surface area (TPSA) is 87.0 Å². The van der Waals surface area contributed by atoms with Crippen LogP contribution in [0.15, 0.2) is 6.07 Å². The number of carbonyl (C=O) groups excluding carboxylic acids is 1. The molecule has 1 aromatic rings. The van der Waals surface area contributed by atoms with Crippen LogP contribution in [0.25, 0.3) is 0 Å². The molecule has 0 atom stereocenters. The number of esters is 1. The van der Waals surface area contributed by atoms with Crippen molar-refractivity contribution >= 4 is 5.97 Å². The van der Waals surface area contributed by atoms with E-state index in [4.69, 9.17) is 9.84 Å². The molecule has 0 radical (unpaired) electrons. The van der Waals surface area contributed by atoms with Crippen molar-refractivity contribution < 1.29 is 24.9 Å². The molecule has 0 saturated heterocycles. The van der Waals surface area contributed by atoms with Gasteiger partial charge in [0.1, 0.15) is 5.75 Å². The minimum atomic E-state index is -0.404. The fourth-order valence-electron chi connectivity index (χ4n) is 2.19. The summed E-state index contributed by atoms with van der Waals surface area (Å²) in [6.07, 6.45) is 1.83. The lowest BCUT2D eigenvalue weighted by molar-refractivity contribution is -0.134. The molecule has 22 heavy (non-hydrogen) atoms. The molecule has 0 fully saturated rings. The van der Waals surface area contributed by atoms with Gasteiger partial charge in [0.15, 0.2) is 11.5 Å². The quantitative estimate of drug-likeness (QED) is 0.325. The second-order valence-corrected chi connectivity index (χ2v) is 6.36. The summed E-state index contributed by atoms with van der Waals surface area (Å²) in [7, 11) is 0. The lowest BCUT2D eigenvalue weighted by Crippen LogP contribution is -2.14. The van der Waals surface area contributed by atoms with E-state index in [1.807, 2.05) is 20.8 Å². The number of rotatable bonds is 6. The Kier molecular flexibility index (Phi) is 6.23. The van der Waals surface area contributed by atoms with Crippen molar-refractivity contribution in [1.82, 2.24) is 0 Å². The van der Waals surface area contributed by atoms with E-state index in [9.17, 15) is 15.0 Å². The largest absolute Gasteiger partial charge is 0.504 e. The number of aliphatic hydroxyl groups excluding tert-OH is 1. The van der Waals surface area contributed by atoms with Crippen molar-refractivity contribution in [3.63, 3.8) is 0 Å². The predicted molar refractivity (Wildman–Crippen MR) is 84.4 cm³/mol. The van der Waals surface area contributed by atoms with Crippen LogP contribution in [-0.4, -0.2) is 27.9 Å². The van der Waals surface area contributed by atoms with Crippen LogP contribution in [0.5, 0.6) is 17.2 Å². The number of phenolic OH excluding ortho intramolecular Hbond substituents is 2. The minimum Gasteiger partial charge on any atom is -0.504 e. The molecule has 0 aliphatic rings. The summed E-state index contributed by atoms with van der Waals surface area (Å²) in [4.78, 5) is 11.6. The second-order valence-electron chi connectivity index (χ2n) is 6.36. The highest BCUT2D eigenvalue weighted by atomic mass is 16.5. The smallest absolute Gasteiger partial charge is 0.310 e. The molecule has 5 nitrogen and oxygen atoms in total. The van der Waals surface area contributed by atoms with E-state index in [1.165, 1.54) is 0 Å². The van der Waals surface area contributed by atoms with Crippen LogP contribution in [0.3, 0.4) is 0 Å². The molecule has 0 spiro atoms. The van der Waals surface area contributed by atoms with Gasteiger partial charge in [-0.25, -0.2) is 0 Å². The van der Waals surface area contributed by atoms with Gasteiger partial charge in [-0.1, -0.05) is 27.7 Å². The van der Waals surface area contributed by atoms with E-state index >= 15 is 0 Å². The van der Waals surface area contributed by atoms with E-state index in [0.29, 0.717) is 30.4 Å². The summed E-state index contributed by atoms with van der Waals surface area (Å²) in [6, 6.07) is 1.62. The maximum atomic E-state index is 11.6. The van der Waals surface area contributed by atoms with Gasteiger partial charge in [0, 0.05) is 24.2 Å². The Morgan fingerprint density at radius 1 is 1.18 bits per heavy atom. The third-order valence-electron chi connectivity index (χ3n) is 3.49. The van der Waals surface area contributed by atoms with E-state index in [1.54, 1.807) is 13.0 Å². The van der Waals surface area contributed by atoms with Gasteiger partial charge in [-0.2, -0.15) is 0 Å². The van der Waals surface area contributed by atoms with E-state index in [2.05, 4.69) is 0 Å². The molecule has 0 heterocycles. The fraction of sp³-hybridized carbons (Fsp3) is 0.588. The first kappa shape index (κ1) is 18.3. The first-order chi connectivity index (χ1) is 10.2. The van der Waals surface area contributed by atoms with Gasteiger partial charge >= 0.3 is 5.97 Å². The Morgan fingerprint density at radius 2 is 1.82 bits per heavy atom. The monoisotopic (exact) mass is 310 g/mol. The number of ether oxygens (including phenoxy) is 1. The molecule has 0 unspecified atom stereocenters. The standard InChI is InChI=1S/C17H26O5/c1-5-14(19)22-13-10-12(17(2,3)4)16(21)15(20)11(13)8-6-7-9-18/h10,18,20-21H,5-9H2,1-4H3. The number of hydrogen-bond donors (Lipinski definition) is 3. The summed E-state index contributed by atoms with van der Waals surface area (Å²) in [5.41, 5.74) is 0.522. The zero-order valence-electron chi connectivity index (χ0n) is 13.8. The molecule has 5 heteroatoms. The third kappa shape index (κ3) is 4.37. The van der Waals surface area contributed by atoms with Crippen molar-refractivity contribution in [3.05, 3.63) is 17.2 Å². The number of aromatic hydroxyl groups is 2. The molecule has 124 valence electrons. The van der Waals surface area contributed by atoms with E-state index in [-0.39, 0.29) is 30.3 Å². The molecule has 0 aliphatic carbocycles. The summed E-state index contributed by atoms with van der Waals surface area (Å²) in [6.45, 7) is 7.45. The number of unbranched alkanes of at least 4 members (excludes halogenated alkanes) is 1. The van der Waals surface area contributed by atoms with E-state index in [0.717, 1.165) is 0 Å². The Balaban J connectivity index is 3.33. The van der Waals surface area contributed by atoms with Gasteiger partial charge in [-0.15, -0.1) is 0 Å². The highest BCUT2D eigenvalue weighted by Crippen LogP contribution is 2.44. The maximum Gasteiger partial charge on any atom is 0.310 e. The zero-order chi connectivity index (χ0) is 16.9. The molecular weight excluding hydrogens is 284 g/mol. The Labute approximate surface area is 131 Å². The van der Waals surface area contributed by atoms with Gasteiger partial charge < -0.3 is 20.1 Å². The molecule has 0 aromatic heterocycles. The van der Waals surface area contributed by atoms with Crippen LogP contribution >= 0.6 is 0 Å². The Bertz CT molecular complexity index is 529. The molecule has 0 saturated carbocycles. The third-order valence-corrected chi connectivity index (χ3v) is 3.49. The highest BCUT2D eigenvalue weighted by molar-refractivity contribution is 5.73. The normalized spacial score (nSPS) is 11.5. The summed E-state index contributed by atoms with van der Waals surface area (Å²) < 4.78 is 5.32. The van der Waals surface area contributed by atoms with Crippen molar-refractivity contribution in [2.75, 3.05) is 6.61 Å². The van der Waals surface area contributed by atoms with Crippen LogP contribution < -0.4 is 4.74 Å². The lowest BCUT2D eigenvalue weighted by Gasteiger charge is -2.23. The first-order valence-corrected chi connectivity index (χ1v) is 7.62. The van der Waals surface area contributed by atoms with Gasteiger partial charge in [-0.05, 0) is 30.7 Å². The van der Waals surface area contributed by atoms with Crippen molar-refractivity contribution in [2.45, 2.75) is 58.8 Å². The number of hydrogen-bond acceptors (Lipinski definition) is 5. The van der Waals surface area contributed by atoms with Gasteiger partial charge in [-0.3, -0.25) is 4.79 Å². The molecular formula is C17H26O5. The maximum absolute atomic E-state index is 11.6. The SMILES string of the molecule is CCC(=O)Oc1cc(C(C)(C)C)c(O)c(O)c1CCCCO. The van der Waals surface area contributed by atoms with Gasteiger partial charge in [0.25, 0.3) is 0 Å². The van der Waals surface area contributed by atoms with Crippen LogP contribution in [0.2, 0.25) is 0 Å². The molecule has 0 aliphatic heterocycles. The lowest BCUT2D eigenvalue weighted by atomic mass is 9.84. The van der Waals surface area contributed by atoms with Crippen LogP contribution in [0, 0.1) is 0 Å². The molecule has 0 amide bonds. The Morgan fingerprint density at radius 3 is 2.32 bits per heavy atom. The second kappa shape index (κ2) is 7.49. The minimum absolute atomic E-state index is 0.0525. The molecule has 0 bridgehead atoms. The van der Waals surface area contributed by atoms with Crippen LogP contribution in [0.4, 0.5) is 0 Å². The molecule has 1 rings (SSSR count).